The van der Waals surface area contributed by atoms with Crippen molar-refractivity contribution < 1.29 is 4.79 Å². The summed E-state index contributed by atoms with van der Waals surface area (Å²) in [4.78, 5) is 13.7. The summed E-state index contributed by atoms with van der Waals surface area (Å²) in [6.45, 7) is 5.80. The van der Waals surface area contributed by atoms with E-state index in [0.29, 0.717) is 5.02 Å². The van der Waals surface area contributed by atoms with Gasteiger partial charge in [-0.25, -0.2) is 0 Å². The highest BCUT2D eigenvalue weighted by Gasteiger charge is 2.39. The molecular weight excluding hydrogens is 248 g/mol. The molecule has 94 valence electrons. The minimum Gasteiger partial charge on any atom is -0.307 e. The summed E-state index contributed by atoms with van der Waals surface area (Å²) >= 11 is 6.26. The van der Waals surface area contributed by atoms with Crippen LogP contribution < -0.4 is 4.90 Å². The van der Waals surface area contributed by atoms with Gasteiger partial charge in [0.1, 0.15) is 0 Å². The van der Waals surface area contributed by atoms with E-state index < -0.39 is 0 Å². The Morgan fingerprint density at radius 3 is 2.61 bits per heavy atom. The molecule has 1 aliphatic rings. The lowest BCUT2D eigenvalue weighted by Gasteiger charge is -2.26. The first-order valence-electron chi connectivity index (χ1n) is 5.94. The van der Waals surface area contributed by atoms with Crippen LogP contribution in [0.15, 0.2) is 12.1 Å². The molecule has 1 heterocycles. The van der Waals surface area contributed by atoms with Crippen molar-refractivity contribution in [1.29, 1.82) is 5.26 Å². The van der Waals surface area contributed by atoms with E-state index in [0.717, 1.165) is 16.8 Å². The third-order valence-electron chi connectivity index (χ3n) is 3.46. The highest BCUT2D eigenvalue weighted by molar-refractivity contribution is 6.34. The van der Waals surface area contributed by atoms with Crippen LogP contribution in [0.4, 0.5) is 5.69 Å². The molecule has 0 aliphatic carbocycles. The summed E-state index contributed by atoms with van der Waals surface area (Å²) in [6, 6.07) is 5.92. The van der Waals surface area contributed by atoms with Gasteiger partial charge < -0.3 is 4.90 Å². The van der Waals surface area contributed by atoms with E-state index in [-0.39, 0.29) is 24.3 Å². The second-order valence-electron chi connectivity index (χ2n) is 4.86. The largest absolute Gasteiger partial charge is 0.307 e. The second kappa shape index (κ2) is 4.62. The van der Waals surface area contributed by atoms with Crippen LogP contribution in [0.5, 0.6) is 0 Å². The fraction of sp³-hybridized carbons (Fsp3) is 0.429. The molecule has 0 spiro atoms. The van der Waals surface area contributed by atoms with Gasteiger partial charge in [-0.1, -0.05) is 17.7 Å². The average molecular weight is 263 g/mol. The van der Waals surface area contributed by atoms with Crippen molar-refractivity contribution in [2.24, 2.45) is 5.92 Å². The highest BCUT2D eigenvalue weighted by atomic mass is 35.5. The number of carbonyl (C=O) groups is 1. The number of nitrogens with zero attached hydrogens (tertiary/aromatic N) is 2. The van der Waals surface area contributed by atoms with E-state index in [1.54, 1.807) is 4.90 Å². The van der Waals surface area contributed by atoms with Gasteiger partial charge >= 0.3 is 0 Å². The molecule has 0 radical (unpaired) electrons. The topological polar surface area (TPSA) is 44.1 Å². The van der Waals surface area contributed by atoms with Gasteiger partial charge in [-0.05, 0) is 38.0 Å². The molecule has 2 rings (SSSR count). The van der Waals surface area contributed by atoms with Crippen LogP contribution in [0.2, 0.25) is 5.02 Å². The number of carbonyl (C=O) groups excluding carboxylic acids is 1. The lowest BCUT2D eigenvalue weighted by atomic mass is 10.0. The number of hydrogen-bond donors (Lipinski definition) is 0. The van der Waals surface area contributed by atoms with Crippen LogP contribution in [0.25, 0.3) is 0 Å². The number of aryl methyl sites for hydroxylation is 2. The Morgan fingerprint density at radius 2 is 2.11 bits per heavy atom. The second-order valence-corrected chi connectivity index (χ2v) is 5.26. The molecule has 1 aromatic carbocycles. The van der Waals surface area contributed by atoms with E-state index in [1.807, 2.05) is 32.9 Å². The number of rotatable bonds is 1. The van der Waals surface area contributed by atoms with E-state index in [4.69, 9.17) is 16.9 Å². The van der Waals surface area contributed by atoms with Gasteiger partial charge in [0.2, 0.25) is 5.91 Å². The molecule has 0 N–H and O–H groups in total. The summed E-state index contributed by atoms with van der Waals surface area (Å²) in [5.41, 5.74) is 2.79. The fourth-order valence-electron chi connectivity index (χ4n) is 2.56. The summed E-state index contributed by atoms with van der Waals surface area (Å²) in [6.07, 6.45) is 0.279. The zero-order valence-corrected chi connectivity index (χ0v) is 11.5. The summed E-state index contributed by atoms with van der Waals surface area (Å²) in [5.74, 6) is -0.280. The smallest absolute Gasteiger partial charge is 0.228 e. The van der Waals surface area contributed by atoms with Crippen LogP contribution in [0, 0.1) is 31.1 Å². The van der Waals surface area contributed by atoms with Gasteiger partial charge in [-0.3, -0.25) is 4.79 Å². The van der Waals surface area contributed by atoms with Crippen molar-refractivity contribution >= 4 is 23.2 Å². The zero-order valence-electron chi connectivity index (χ0n) is 10.7. The summed E-state index contributed by atoms with van der Waals surface area (Å²) in [5, 5.41) is 9.62. The van der Waals surface area contributed by atoms with Gasteiger partial charge in [-0.15, -0.1) is 0 Å². The van der Waals surface area contributed by atoms with Crippen molar-refractivity contribution in [3.05, 3.63) is 28.3 Å². The Bertz CT molecular complexity index is 524. The molecule has 0 saturated carbocycles. The molecule has 2 atom stereocenters. The molecule has 4 heteroatoms. The summed E-state index contributed by atoms with van der Waals surface area (Å²) in [7, 11) is 0. The van der Waals surface area contributed by atoms with Crippen molar-refractivity contribution in [1.82, 2.24) is 0 Å². The maximum Gasteiger partial charge on any atom is 0.228 e. The van der Waals surface area contributed by atoms with Gasteiger partial charge in [0, 0.05) is 6.42 Å². The van der Waals surface area contributed by atoms with Crippen molar-refractivity contribution in [2.75, 3.05) is 4.90 Å². The van der Waals surface area contributed by atoms with Gasteiger partial charge in [0.25, 0.3) is 0 Å². The number of hydrogen-bond acceptors (Lipinski definition) is 2. The number of halogens is 1. The third-order valence-corrected chi connectivity index (χ3v) is 3.75. The molecular formula is C14H15ClN2O. The maximum absolute atomic E-state index is 12.1. The first-order chi connectivity index (χ1) is 8.45. The quantitative estimate of drug-likeness (QED) is 0.780. The van der Waals surface area contributed by atoms with Crippen molar-refractivity contribution in [2.45, 2.75) is 33.2 Å². The van der Waals surface area contributed by atoms with Crippen LogP contribution >= 0.6 is 11.6 Å². The minimum atomic E-state index is -0.255. The molecule has 1 aliphatic heterocycles. The van der Waals surface area contributed by atoms with Crippen LogP contribution in [0.1, 0.15) is 24.5 Å². The molecule has 1 fully saturated rings. The summed E-state index contributed by atoms with van der Waals surface area (Å²) < 4.78 is 0. The van der Waals surface area contributed by atoms with Crippen molar-refractivity contribution in [3.8, 4) is 6.07 Å². The third kappa shape index (κ3) is 1.97. The van der Waals surface area contributed by atoms with Crippen molar-refractivity contribution in [3.63, 3.8) is 0 Å². The molecule has 0 bridgehead atoms. The lowest BCUT2D eigenvalue weighted by molar-refractivity contribution is -0.117. The highest BCUT2D eigenvalue weighted by Crippen LogP contribution is 2.37. The van der Waals surface area contributed by atoms with E-state index >= 15 is 0 Å². The molecule has 2 unspecified atom stereocenters. The van der Waals surface area contributed by atoms with Crippen LogP contribution in [-0.4, -0.2) is 11.9 Å². The average Bonchev–Trinajstić information content (AvgIpc) is 2.55. The number of nitriles is 1. The Balaban J connectivity index is 2.50. The number of amides is 1. The number of anilines is 1. The monoisotopic (exact) mass is 262 g/mol. The first kappa shape index (κ1) is 12.9. The molecule has 1 saturated heterocycles. The van der Waals surface area contributed by atoms with Gasteiger partial charge in [0.05, 0.1) is 28.7 Å². The predicted octanol–water partition coefficient (Wildman–Crippen LogP) is 3.22. The SMILES string of the molecule is Cc1cc(C)c(N2C(=O)CC(C#N)C2C)c(Cl)c1. The van der Waals surface area contributed by atoms with Gasteiger partial charge in [0.15, 0.2) is 0 Å². The van der Waals surface area contributed by atoms with E-state index in [2.05, 4.69) is 6.07 Å². The number of benzene rings is 1. The van der Waals surface area contributed by atoms with Crippen LogP contribution in [-0.2, 0) is 4.79 Å². The molecule has 1 amide bonds. The van der Waals surface area contributed by atoms with Crippen LogP contribution in [0.3, 0.4) is 0 Å². The molecule has 18 heavy (non-hydrogen) atoms. The molecule has 1 aromatic rings. The van der Waals surface area contributed by atoms with E-state index in [1.165, 1.54) is 0 Å². The van der Waals surface area contributed by atoms with E-state index in [9.17, 15) is 4.79 Å². The zero-order chi connectivity index (χ0) is 13.4. The first-order valence-corrected chi connectivity index (χ1v) is 6.32. The van der Waals surface area contributed by atoms with Gasteiger partial charge in [-0.2, -0.15) is 5.26 Å². The fourth-order valence-corrected chi connectivity index (χ4v) is 2.97. The lowest BCUT2D eigenvalue weighted by Crippen LogP contribution is -2.33. The normalized spacial score (nSPS) is 23.3. The molecule has 0 aromatic heterocycles. The Hall–Kier alpha value is -1.53. The standard InChI is InChI=1S/C14H15ClN2O/c1-8-4-9(2)14(12(15)5-8)17-10(3)11(7-16)6-13(17)18/h4-5,10-11H,6H2,1-3H3. The predicted molar refractivity (Wildman–Crippen MR) is 71.6 cm³/mol. The Morgan fingerprint density at radius 1 is 1.44 bits per heavy atom. The Labute approximate surface area is 112 Å². The maximum atomic E-state index is 12.1. The minimum absolute atomic E-state index is 0.0251. The Kier molecular flexibility index (Phi) is 3.32. The molecule has 3 nitrogen and oxygen atoms in total.